The molecule has 1 aromatic heterocycles. The summed E-state index contributed by atoms with van der Waals surface area (Å²) in [6.07, 6.45) is 1.65. The molecule has 0 saturated carbocycles. The van der Waals surface area contributed by atoms with Gasteiger partial charge in [0.25, 0.3) is 5.91 Å². The Kier molecular flexibility index (Phi) is 4.75. The monoisotopic (exact) mass is 286 g/mol. The van der Waals surface area contributed by atoms with Crippen molar-refractivity contribution in [2.45, 2.75) is 13.8 Å². The number of benzene rings is 1. The summed E-state index contributed by atoms with van der Waals surface area (Å²) in [6.45, 7) is 5.41. The molecule has 21 heavy (non-hydrogen) atoms. The smallest absolute Gasteiger partial charge is 0.257 e. The van der Waals surface area contributed by atoms with Gasteiger partial charge in [0, 0.05) is 20.1 Å². The predicted octanol–water partition coefficient (Wildman–Crippen LogP) is 1.78. The highest BCUT2D eigenvalue weighted by atomic mass is 16.2. The molecule has 0 aliphatic rings. The van der Waals surface area contributed by atoms with E-state index in [0.29, 0.717) is 12.1 Å². The van der Waals surface area contributed by atoms with E-state index in [1.54, 1.807) is 11.1 Å². The third-order valence-corrected chi connectivity index (χ3v) is 3.53. The van der Waals surface area contributed by atoms with E-state index in [2.05, 4.69) is 16.5 Å². The van der Waals surface area contributed by atoms with Crippen LogP contribution in [0.2, 0.25) is 0 Å². The van der Waals surface area contributed by atoms with Gasteiger partial charge in [0.1, 0.15) is 0 Å². The molecule has 1 heterocycles. The van der Waals surface area contributed by atoms with Crippen LogP contribution in [-0.4, -0.2) is 47.8 Å². The van der Waals surface area contributed by atoms with E-state index >= 15 is 0 Å². The summed E-state index contributed by atoms with van der Waals surface area (Å²) in [5.41, 5.74) is 3.66. The van der Waals surface area contributed by atoms with Crippen molar-refractivity contribution in [3.8, 4) is 5.69 Å². The van der Waals surface area contributed by atoms with Gasteiger partial charge in [-0.25, -0.2) is 4.68 Å². The molecule has 1 N–H and O–H groups in total. The van der Waals surface area contributed by atoms with Gasteiger partial charge < -0.3 is 10.2 Å². The first-order valence-corrected chi connectivity index (χ1v) is 7.06. The second-order valence-corrected chi connectivity index (χ2v) is 5.22. The number of likely N-dealkylation sites (N-methyl/N-ethyl adjacent to an activating group) is 2. The van der Waals surface area contributed by atoms with Crippen molar-refractivity contribution in [3.63, 3.8) is 0 Å². The van der Waals surface area contributed by atoms with Gasteiger partial charge in [0.2, 0.25) is 0 Å². The van der Waals surface area contributed by atoms with Crippen molar-refractivity contribution in [2.24, 2.45) is 0 Å². The summed E-state index contributed by atoms with van der Waals surface area (Å²) in [6, 6.07) is 8.08. The Hall–Kier alpha value is -2.14. The maximum Gasteiger partial charge on any atom is 0.257 e. The minimum atomic E-state index is 0.00153. The topological polar surface area (TPSA) is 50.2 Å². The van der Waals surface area contributed by atoms with Gasteiger partial charge in [-0.1, -0.05) is 12.1 Å². The number of rotatable bonds is 5. The van der Waals surface area contributed by atoms with Crippen LogP contribution in [0.1, 0.15) is 21.6 Å². The van der Waals surface area contributed by atoms with E-state index < -0.39 is 0 Å². The molecule has 1 aromatic carbocycles. The highest BCUT2D eigenvalue weighted by molar-refractivity contribution is 5.95. The van der Waals surface area contributed by atoms with Crippen LogP contribution in [0.25, 0.3) is 5.69 Å². The Labute approximate surface area is 125 Å². The second-order valence-electron chi connectivity index (χ2n) is 5.22. The molecular formula is C16H22N4O. The average Bonchev–Trinajstić information content (AvgIpc) is 2.85. The molecule has 5 heteroatoms. The molecule has 1 amide bonds. The molecule has 2 rings (SSSR count). The maximum absolute atomic E-state index is 12.4. The van der Waals surface area contributed by atoms with Gasteiger partial charge in [0.15, 0.2) is 0 Å². The first-order chi connectivity index (χ1) is 10.0. The molecule has 0 aliphatic carbocycles. The number of aromatic nitrogens is 2. The van der Waals surface area contributed by atoms with E-state index in [1.165, 1.54) is 5.56 Å². The summed E-state index contributed by atoms with van der Waals surface area (Å²) in [7, 11) is 3.68. The lowest BCUT2D eigenvalue weighted by Crippen LogP contribution is -2.33. The molecule has 0 saturated heterocycles. The SMILES string of the molecule is CNCCN(C)C(=O)c1cnn(-c2cccc(C)c2)c1C. The van der Waals surface area contributed by atoms with Gasteiger partial charge in [-0.3, -0.25) is 4.79 Å². The van der Waals surface area contributed by atoms with Gasteiger partial charge in [-0.15, -0.1) is 0 Å². The first-order valence-electron chi connectivity index (χ1n) is 7.06. The Morgan fingerprint density at radius 3 is 2.81 bits per heavy atom. The fraction of sp³-hybridized carbons (Fsp3) is 0.375. The Balaban J connectivity index is 2.26. The molecule has 0 radical (unpaired) electrons. The Morgan fingerprint density at radius 1 is 1.38 bits per heavy atom. The fourth-order valence-electron chi connectivity index (χ4n) is 2.23. The van der Waals surface area contributed by atoms with Crippen molar-refractivity contribution < 1.29 is 4.79 Å². The molecule has 2 aromatic rings. The highest BCUT2D eigenvalue weighted by Gasteiger charge is 2.18. The molecule has 0 fully saturated rings. The maximum atomic E-state index is 12.4. The second kappa shape index (κ2) is 6.54. The van der Waals surface area contributed by atoms with Crippen LogP contribution >= 0.6 is 0 Å². The van der Waals surface area contributed by atoms with Crippen LogP contribution in [0.3, 0.4) is 0 Å². The van der Waals surface area contributed by atoms with Crippen LogP contribution < -0.4 is 5.32 Å². The van der Waals surface area contributed by atoms with Gasteiger partial charge in [-0.2, -0.15) is 5.10 Å². The van der Waals surface area contributed by atoms with E-state index in [4.69, 9.17) is 0 Å². The zero-order chi connectivity index (χ0) is 15.4. The summed E-state index contributed by atoms with van der Waals surface area (Å²) in [5.74, 6) is 0.00153. The molecule has 0 bridgehead atoms. The normalized spacial score (nSPS) is 10.7. The Morgan fingerprint density at radius 2 is 2.14 bits per heavy atom. The summed E-state index contributed by atoms with van der Waals surface area (Å²) in [5, 5.41) is 7.41. The largest absolute Gasteiger partial charge is 0.340 e. The Bertz CT molecular complexity index is 633. The zero-order valence-electron chi connectivity index (χ0n) is 13.1. The molecule has 0 unspecified atom stereocenters. The number of nitrogens with one attached hydrogen (secondary N) is 1. The minimum Gasteiger partial charge on any atom is -0.340 e. The number of hydrogen-bond donors (Lipinski definition) is 1. The third kappa shape index (κ3) is 3.31. The number of carbonyl (C=O) groups excluding carboxylic acids is 1. The van der Waals surface area contributed by atoms with Gasteiger partial charge in [0.05, 0.1) is 23.1 Å². The number of hydrogen-bond acceptors (Lipinski definition) is 3. The van der Waals surface area contributed by atoms with Gasteiger partial charge >= 0.3 is 0 Å². The van der Waals surface area contributed by atoms with E-state index in [1.807, 2.05) is 50.8 Å². The zero-order valence-corrected chi connectivity index (χ0v) is 13.1. The third-order valence-electron chi connectivity index (χ3n) is 3.53. The number of amides is 1. The van der Waals surface area contributed by atoms with Crippen molar-refractivity contribution >= 4 is 5.91 Å². The quantitative estimate of drug-likeness (QED) is 0.911. The summed E-state index contributed by atoms with van der Waals surface area (Å²) < 4.78 is 1.81. The van der Waals surface area contributed by atoms with Crippen LogP contribution in [-0.2, 0) is 0 Å². The van der Waals surface area contributed by atoms with Crippen molar-refractivity contribution in [1.82, 2.24) is 20.0 Å². The number of aryl methyl sites for hydroxylation is 1. The van der Waals surface area contributed by atoms with E-state index in [9.17, 15) is 4.79 Å². The lowest BCUT2D eigenvalue weighted by atomic mass is 10.2. The predicted molar refractivity (Wildman–Crippen MR) is 83.9 cm³/mol. The first kappa shape index (κ1) is 15.3. The fourth-order valence-corrected chi connectivity index (χ4v) is 2.23. The number of carbonyl (C=O) groups is 1. The molecule has 0 atom stereocenters. The van der Waals surface area contributed by atoms with Crippen molar-refractivity contribution in [1.29, 1.82) is 0 Å². The van der Waals surface area contributed by atoms with Crippen LogP contribution in [0.4, 0.5) is 0 Å². The minimum absolute atomic E-state index is 0.00153. The lowest BCUT2D eigenvalue weighted by molar-refractivity contribution is 0.0796. The van der Waals surface area contributed by atoms with Crippen molar-refractivity contribution in [2.75, 3.05) is 27.2 Å². The van der Waals surface area contributed by atoms with Crippen LogP contribution in [0, 0.1) is 13.8 Å². The van der Waals surface area contributed by atoms with E-state index in [-0.39, 0.29) is 5.91 Å². The van der Waals surface area contributed by atoms with Crippen molar-refractivity contribution in [3.05, 3.63) is 47.3 Å². The van der Waals surface area contributed by atoms with Gasteiger partial charge in [-0.05, 0) is 38.6 Å². The van der Waals surface area contributed by atoms with Crippen LogP contribution in [0.15, 0.2) is 30.5 Å². The molecule has 0 spiro atoms. The van der Waals surface area contributed by atoms with Crippen LogP contribution in [0.5, 0.6) is 0 Å². The van der Waals surface area contributed by atoms with E-state index in [0.717, 1.165) is 17.9 Å². The molecular weight excluding hydrogens is 264 g/mol. The molecule has 0 aliphatic heterocycles. The standard InChI is InChI=1S/C16H22N4O/c1-12-6-5-7-14(10-12)20-13(2)15(11-18-20)16(21)19(4)9-8-17-3/h5-7,10-11,17H,8-9H2,1-4H3. The lowest BCUT2D eigenvalue weighted by Gasteiger charge is -2.16. The number of nitrogens with zero attached hydrogens (tertiary/aromatic N) is 3. The molecule has 112 valence electrons. The summed E-state index contributed by atoms with van der Waals surface area (Å²) in [4.78, 5) is 14.1. The summed E-state index contributed by atoms with van der Waals surface area (Å²) >= 11 is 0. The molecule has 5 nitrogen and oxygen atoms in total. The average molecular weight is 286 g/mol. The highest BCUT2D eigenvalue weighted by Crippen LogP contribution is 2.16.